The molecule has 0 aromatic heterocycles. The Kier molecular flexibility index (Phi) is 9.06. The van der Waals surface area contributed by atoms with Crippen LogP contribution < -0.4 is 11.1 Å². The van der Waals surface area contributed by atoms with Gasteiger partial charge < -0.3 is 15.8 Å². The third-order valence-corrected chi connectivity index (χ3v) is 2.35. The predicted molar refractivity (Wildman–Crippen MR) is 76.2 cm³/mol. The van der Waals surface area contributed by atoms with E-state index in [1.807, 2.05) is 6.92 Å². The number of amides is 1. The summed E-state index contributed by atoms with van der Waals surface area (Å²) in [7, 11) is 0. The molecule has 3 N–H and O–H groups in total. The summed E-state index contributed by atoms with van der Waals surface area (Å²) in [5.41, 5.74) is 6.82. The van der Waals surface area contributed by atoms with Gasteiger partial charge in [0.25, 0.3) is 5.91 Å². The van der Waals surface area contributed by atoms with Crippen LogP contribution in [0.15, 0.2) is 24.3 Å². The van der Waals surface area contributed by atoms with Crippen LogP contribution in [0.1, 0.15) is 30.1 Å². The summed E-state index contributed by atoms with van der Waals surface area (Å²) in [6.45, 7) is 4.14. The number of nitrogen functional groups attached to an aromatic ring is 1. The van der Waals surface area contributed by atoms with Crippen molar-refractivity contribution in [3.8, 4) is 0 Å². The van der Waals surface area contributed by atoms with E-state index in [2.05, 4.69) is 5.32 Å². The first kappa shape index (κ1) is 16.7. The lowest BCUT2D eigenvalue weighted by molar-refractivity contribution is 0.0949. The molecule has 0 fully saturated rings. The molecule has 0 saturated carbocycles. The Balaban J connectivity index is 0.00000289. The molecule has 0 aliphatic rings. The molecule has 0 atom stereocenters. The molecule has 1 aromatic rings. The molecular weight excluding hydrogens is 252 g/mol. The van der Waals surface area contributed by atoms with Crippen molar-refractivity contribution in [3.05, 3.63) is 29.8 Å². The number of anilines is 1. The topological polar surface area (TPSA) is 64.3 Å². The fourth-order valence-corrected chi connectivity index (χ4v) is 1.46. The molecule has 0 spiro atoms. The second-order valence-corrected chi connectivity index (χ2v) is 3.79. The van der Waals surface area contributed by atoms with Gasteiger partial charge in [-0.25, -0.2) is 0 Å². The Labute approximate surface area is 114 Å². The summed E-state index contributed by atoms with van der Waals surface area (Å²) in [5.74, 6) is -0.0753. The van der Waals surface area contributed by atoms with Gasteiger partial charge in [0.2, 0.25) is 0 Å². The molecule has 0 bridgehead atoms. The van der Waals surface area contributed by atoms with E-state index in [4.69, 9.17) is 10.5 Å². The number of hydrogen-bond acceptors (Lipinski definition) is 3. The molecule has 1 amide bonds. The van der Waals surface area contributed by atoms with Crippen LogP contribution in [0.5, 0.6) is 0 Å². The Bertz CT molecular complexity index is 359. The third kappa shape index (κ3) is 6.47. The number of carbonyl (C=O) groups is 1. The SMILES string of the molecule is CCOCCCCNC(=O)c1cccc(N)c1.Cl. The molecule has 0 heterocycles. The lowest BCUT2D eigenvalue weighted by Crippen LogP contribution is -2.24. The molecule has 1 aromatic carbocycles. The largest absolute Gasteiger partial charge is 0.399 e. The summed E-state index contributed by atoms with van der Waals surface area (Å²) in [5, 5.41) is 2.85. The van der Waals surface area contributed by atoms with Gasteiger partial charge >= 0.3 is 0 Å². The van der Waals surface area contributed by atoms with Crippen LogP contribution in [-0.4, -0.2) is 25.7 Å². The molecule has 0 unspecified atom stereocenters. The van der Waals surface area contributed by atoms with E-state index >= 15 is 0 Å². The summed E-state index contributed by atoms with van der Waals surface area (Å²) in [6, 6.07) is 6.97. The van der Waals surface area contributed by atoms with Gasteiger partial charge in [0.1, 0.15) is 0 Å². The van der Waals surface area contributed by atoms with Crippen LogP contribution in [0.3, 0.4) is 0 Å². The highest BCUT2D eigenvalue weighted by Gasteiger charge is 2.03. The maximum Gasteiger partial charge on any atom is 0.251 e. The van der Waals surface area contributed by atoms with Crippen molar-refractivity contribution >= 4 is 24.0 Å². The van der Waals surface area contributed by atoms with Gasteiger partial charge in [0, 0.05) is 31.0 Å². The van der Waals surface area contributed by atoms with E-state index < -0.39 is 0 Å². The van der Waals surface area contributed by atoms with E-state index in [-0.39, 0.29) is 18.3 Å². The highest BCUT2D eigenvalue weighted by Crippen LogP contribution is 2.06. The first-order valence-electron chi connectivity index (χ1n) is 5.95. The number of benzene rings is 1. The highest BCUT2D eigenvalue weighted by molar-refractivity contribution is 5.94. The van der Waals surface area contributed by atoms with Gasteiger partial charge in [-0.2, -0.15) is 0 Å². The first-order chi connectivity index (χ1) is 8.24. The third-order valence-electron chi connectivity index (χ3n) is 2.35. The van der Waals surface area contributed by atoms with Crippen molar-refractivity contribution in [1.29, 1.82) is 0 Å². The second-order valence-electron chi connectivity index (χ2n) is 3.79. The van der Waals surface area contributed by atoms with Crippen LogP contribution >= 0.6 is 12.4 Å². The minimum Gasteiger partial charge on any atom is -0.399 e. The number of halogens is 1. The van der Waals surface area contributed by atoms with Crippen LogP contribution in [0, 0.1) is 0 Å². The number of ether oxygens (including phenoxy) is 1. The molecule has 102 valence electrons. The van der Waals surface area contributed by atoms with Crippen LogP contribution in [-0.2, 0) is 4.74 Å². The molecule has 0 saturated heterocycles. The molecular formula is C13H21ClN2O2. The van der Waals surface area contributed by atoms with Gasteiger partial charge in [-0.3, -0.25) is 4.79 Å². The Morgan fingerprint density at radius 2 is 2.17 bits per heavy atom. The minimum atomic E-state index is -0.0753. The van der Waals surface area contributed by atoms with Crippen molar-refractivity contribution in [2.75, 3.05) is 25.5 Å². The standard InChI is InChI=1S/C13H20N2O2.ClH/c1-2-17-9-4-3-8-15-13(16)11-6-5-7-12(14)10-11;/h5-7,10H,2-4,8-9,14H2,1H3,(H,15,16);1H. The zero-order chi connectivity index (χ0) is 12.5. The van der Waals surface area contributed by atoms with Crippen molar-refractivity contribution in [2.24, 2.45) is 0 Å². The van der Waals surface area contributed by atoms with Crippen molar-refractivity contribution in [3.63, 3.8) is 0 Å². The van der Waals surface area contributed by atoms with Crippen molar-refractivity contribution in [2.45, 2.75) is 19.8 Å². The quantitative estimate of drug-likeness (QED) is 0.591. The zero-order valence-electron chi connectivity index (χ0n) is 10.6. The van der Waals surface area contributed by atoms with Crippen LogP contribution in [0.25, 0.3) is 0 Å². The maximum atomic E-state index is 11.7. The summed E-state index contributed by atoms with van der Waals surface area (Å²) in [6.07, 6.45) is 1.89. The molecule has 18 heavy (non-hydrogen) atoms. The normalized spacial score (nSPS) is 9.61. The molecule has 0 aliphatic heterocycles. The van der Waals surface area contributed by atoms with Gasteiger partial charge in [-0.1, -0.05) is 6.07 Å². The fraction of sp³-hybridized carbons (Fsp3) is 0.462. The predicted octanol–water partition coefficient (Wildman–Crippen LogP) is 2.24. The number of nitrogens with one attached hydrogen (secondary N) is 1. The smallest absolute Gasteiger partial charge is 0.251 e. The number of carbonyl (C=O) groups excluding carboxylic acids is 1. The minimum absolute atomic E-state index is 0. The first-order valence-corrected chi connectivity index (χ1v) is 5.95. The fourth-order valence-electron chi connectivity index (χ4n) is 1.46. The van der Waals surface area contributed by atoms with E-state index in [1.165, 1.54) is 0 Å². The summed E-state index contributed by atoms with van der Waals surface area (Å²) in [4.78, 5) is 11.7. The van der Waals surface area contributed by atoms with E-state index in [0.717, 1.165) is 26.1 Å². The lowest BCUT2D eigenvalue weighted by atomic mass is 10.2. The number of unbranched alkanes of at least 4 members (excludes halogenated alkanes) is 1. The number of hydrogen-bond donors (Lipinski definition) is 2. The van der Waals surface area contributed by atoms with Gasteiger partial charge in [-0.05, 0) is 38.0 Å². The van der Waals surface area contributed by atoms with E-state index in [0.29, 0.717) is 17.8 Å². The Morgan fingerprint density at radius 3 is 2.83 bits per heavy atom. The van der Waals surface area contributed by atoms with Crippen LogP contribution in [0.2, 0.25) is 0 Å². The average Bonchev–Trinajstić information content (AvgIpc) is 2.33. The van der Waals surface area contributed by atoms with Gasteiger partial charge in [0.15, 0.2) is 0 Å². The van der Waals surface area contributed by atoms with E-state index in [1.54, 1.807) is 24.3 Å². The number of rotatable bonds is 7. The second kappa shape index (κ2) is 9.74. The van der Waals surface area contributed by atoms with Gasteiger partial charge in [0.05, 0.1) is 0 Å². The maximum absolute atomic E-state index is 11.7. The lowest BCUT2D eigenvalue weighted by Gasteiger charge is -2.05. The summed E-state index contributed by atoms with van der Waals surface area (Å²) >= 11 is 0. The molecule has 4 nitrogen and oxygen atoms in total. The molecule has 0 aliphatic carbocycles. The summed E-state index contributed by atoms with van der Waals surface area (Å²) < 4.78 is 5.21. The Morgan fingerprint density at radius 1 is 1.39 bits per heavy atom. The van der Waals surface area contributed by atoms with Crippen LogP contribution in [0.4, 0.5) is 5.69 Å². The molecule has 1 rings (SSSR count). The Hall–Kier alpha value is -1.26. The van der Waals surface area contributed by atoms with E-state index in [9.17, 15) is 4.79 Å². The number of nitrogens with two attached hydrogens (primary N) is 1. The average molecular weight is 273 g/mol. The highest BCUT2D eigenvalue weighted by atomic mass is 35.5. The molecule has 0 radical (unpaired) electrons. The zero-order valence-corrected chi connectivity index (χ0v) is 11.5. The molecule has 5 heteroatoms. The van der Waals surface area contributed by atoms with Crippen molar-refractivity contribution in [1.82, 2.24) is 5.32 Å². The van der Waals surface area contributed by atoms with Gasteiger partial charge in [-0.15, -0.1) is 12.4 Å². The monoisotopic (exact) mass is 272 g/mol. The van der Waals surface area contributed by atoms with Crippen molar-refractivity contribution < 1.29 is 9.53 Å².